The summed E-state index contributed by atoms with van der Waals surface area (Å²) in [4.78, 5) is 31.4. The minimum Gasteiger partial charge on any atom is -0.326 e. The van der Waals surface area contributed by atoms with Crippen LogP contribution in [0, 0.1) is 11.7 Å². The van der Waals surface area contributed by atoms with Gasteiger partial charge in [-0.25, -0.2) is 9.37 Å². The third kappa shape index (κ3) is 4.54. The molecule has 33 heavy (non-hydrogen) atoms. The minimum atomic E-state index is -0.464. The van der Waals surface area contributed by atoms with E-state index in [-0.39, 0.29) is 30.6 Å². The number of anilines is 2. The number of aromatic nitrogens is 1. The van der Waals surface area contributed by atoms with E-state index in [0.29, 0.717) is 11.4 Å². The van der Waals surface area contributed by atoms with Gasteiger partial charge in [-0.05, 0) is 36.4 Å². The van der Waals surface area contributed by atoms with Crippen molar-refractivity contribution < 1.29 is 14.0 Å². The van der Waals surface area contributed by atoms with Gasteiger partial charge >= 0.3 is 0 Å². The van der Waals surface area contributed by atoms with Crippen molar-refractivity contribution in [2.75, 3.05) is 16.8 Å². The summed E-state index contributed by atoms with van der Waals surface area (Å²) >= 11 is 1.59. The van der Waals surface area contributed by atoms with E-state index in [4.69, 9.17) is 4.98 Å². The van der Waals surface area contributed by atoms with E-state index in [9.17, 15) is 14.0 Å². The Labute approximate surface area is 194 Å². The normalized spacial score (nSPS) is 15.6. The molecule has 0 unspecified atom stereocenters. The van der Waals surface area contributed by atoms with Gasteiger partial charge in [0.05, 0.1) is 11.6 Å². The molecule has 1 aromatic heterocycles. The zero-order valence-electron chi connectivity index (χ0n) is 17.6. The van der Waals surface area contributed by atoms with Gasteiger partial charge in [0, 0.05) is 40.8 Å². The van der Waals surface area contributed by atoms with Gasteiger partial charge < -0.3 is 10.2 Å². The number of hydrogen-bond acceptors (Lipinski definition) is 4. The van der Waals surface area contributed by atoms with Crippen LogP contribution in [0.4, 0.5) is 15.8 Å². The first-order valence-electron chi connectivity index (χ1n) is 10.5. The molecule has 164 valence electrons. The van der Waals surface area contributed by atoms with Crippen LogP contribution < -0.4 is 10.2 Å². The summed E-state index contributed by atoms with van der Waals surface area (Å²) in [5, 5.41) is 5.88. The molecule has 3 aromatic carbocycles. The standard InChI is InChI=1S/C26H20FN3O2S/c27-20-8-12-22(13-9-20)30-15-19(14-24(30)31)25(32)28-21-10-6-17(7-11-21)23-16-33-26(29-23)18-4-2-1-3-5-18/h1-13,16,19H,14-15H2,(H,28,32)/t19-/m0/s1. The third-order valence-electron chi connectivity index (χ3n) is 5.61. The van der Waals surface area contributed by atoms with Crippen LogP contribution in [0.3, 0.4) is 0 Å². The Bertz CT molecular complexity index is 1290. The number of nitrogens with zero attached hydrogens (tertiary/aromatic N) is 2. The van der Waals surface area contributed by atoms with Crippen molar-refractivity contribution in [3.05, 3.63) is 90.1 Å². The first-order valence-corrected chi connectivity index (χ1v) is 11.4. The third-order valence-corrected chi connectivity index (χ3v) is 6.50. The highest BCUT2D eigenvalue weighted by Gasteiger charge is 2.35. The number of halogens is 1. The van der Waals surface area contributed by atoms with Crippen molar-refractivity contribution in [3.8, 4) is 21.8 Å². The second-order valence-corrected chi connectivity index (χ2v) is 8.71. The van der Waals surface area contributed by atoms with E-state index >= 15 is 0 Å². The number of amides is 2. The van der Waals surface area contributed by atoms with Gasteiger partial charge in [0.25, 0.3) is 0 Å². The molecule has 2 heterocycles. The molecule has 1 N–H and O–H groups in total. The summed E-state index contributed by atoms with van der Waals surface area (Å²) in [6.07, 6.45) is 0.127. The highest BCUT2D eigenvalue weighted by molar-refractivity contribution is 7.13. The maximum absolute atomic E-state index is 13.2. The molecule has 4 aromatic rings. The highest BCUT2D eigenvalue weighted by atomic mass is 32.1. The molecule has 7 heteroatoms. The average Bonchev–Trinajstić information content (AvgIpc) is 3.48. The second kappa shape index (κ2) is 8.96. The van der Waals surface area contributed by atoms with Crippen molar-refractivity contribution in [1.29, 1.82) is 0 Å². The molecule has 1 aliphatic heterocycles. The first-order chi connectivity index (χ1) is 16.1. The van der Waals surface area contributed by atoms with Crippen LogP contribution >= 0.6 is 11.3 Å². The van der Waals surface area contributed by atoms with E-state index in [1.165, 1.54) is 17.0 Å². The molecule has 2 amide bonds. The van der Waals surface area contributed by atoms with Gasteiger partial charge in [-0.15, -0.1) is 11.3 Å². The number of nitrogens with one attached hydrogen (secondary N) is 1. The molecule has 1 aliphatic rings. The number of hydrogen-bond donors (Lipinski definition) is 1. The van der Waals surface area contributed by atoms with E-state index in [0.717, 1.165) is 21.8 Å². The summed E-state index contributed by atoms with van der Waals surface area (Å²) < 4.78 is 13.2. The number of benzene rings is 3. The van der Waals surface area contributed by atoms with Gasteiger partial charge in [0.1, 0.15) is 10.8 Å². The van der Waals surface area contributed by atoms with Crippen molar-refractivity contribution in [3.63, 3.8) is 0 Å². The lowest BCUT2D eigenvalue weighted by Gasteiger charge is -2.16. The number of carbonyl (C=O) groups excluding carboxylic acids is 2. The SMILES string of the molecule is O=C(Nc1ccc(-c2csc(-c3ccccc3)n2)cc1)[C@H]1CC(=O)N(c2ccc(F)cc2)C1. The largest absolute Gasteiger partial charge is 0.326 e. The highest BCUT2D eigenvalue weighted by Crippen LogP contribution is 2.30. The van der Waals surface area contributed by atoms with Crippen LogP contribution in [0.5, 0.6) is 0 Å². The van der Waals surface area contributed by atoms with Crippen LogP contribution in [-0.4, -0.2) is 23.3 Å². The molecule has 0 saturated carbocycles. The Morgan fingerprint density at radius 2 is 1.70 bits per heavy atom. The summed E-state index contributed by atoms with van der Waals surface area (Å²) in [7, 11) is 0. The molecule has 5 nitrogen and oxygen atoms in total. The Kier molecular flexibility index (Phi) is 5.71. The Morgan fingerprint density at radius 3 is 2.42 bits per heavy atom. The second-order valence-electron chi connectivity index (χ2n) is 7.85. The molecule has 0 bridgehead atoms. The molecule has 1 atom stereocenters. The van der Waals surface area contributed by atoms with Gasteiger partial charge in [0.15, 0.2) is 0 Å². The molecule has 1 saturated heterocycles. The minimum absolute atomic E-state index is 0.127. The monoisotopic (exact) mass is 457 g/mol. The number of rotatable bonds is 5. The Hall–Kier alpha value is -3.84. The average molecular weight is 458 g/mol. The summed E-state index contributed by atoms with van der Waals surface area (Å²) in [5.74, 6) is -1.18. The van der Waals surface area contributed by atoms with Crippen molar-refractivity contribution in [1.82, 2.24) is 4.98 Å². The van der Waals surface area contributed by atoms with Gasteiger partial charge in [0.2, 0.25) is 11.8 Å². The topological polar surface area (TPSA) is 62.3 Å². The van der Waals surface area contributed by atoms with Gasteiger partial charge in [-0.3, -0.25) is 9.59 Å². The molecule has 5 rings (SSSR count). The maximum Gasteiger partial charge on any atom is 0.229 e. The Morgan fingerprint density at radius 1 is 0.970 bits per heavy atom. The van der Waals surface area contributed by atoms with E-state index < -0.39 is 5.92 Å². The van der Waals surface area contributed by atoms with E-state index in [1.807, 2.05) is 60.0 Å². The lowest BCUT2D eigenvalue weighted by Crippen LogP contribution is -2.28. The fraction of sp³-hybridized carbons (Fsp3) is 0.115. The van der Waals surface area contributed by atoms with E-state index in [2.05, 4.69) is 5.32 Å². The lowest BCUT2D eigenvalue weighted by molar-refractivity contribution is -0.122. The van der Waals surface area contributed by atoms with Crippen molar-refractivity contribution >= 4 is 34.5 Å². The van der Waals surface area contributed by atoms with Crippen molar-refractivity contribution in [2.24, 2.45) is 5.92 Å². The van der Waals surface area contributed by atoms with Gasteiger partial charge in [-0.1, -0.05) is 42.5 Å². The molecule has 1 fully saturated rings. The van der Waals surface area contributed by atoms with Crippen LogP contribution in [0.1, 0.15) is 6.42 Å². The number of thiazole rings is 1. The van der Waals surface area contributed by atoms with E-state index in [1.54, 1.807) is 23.5 Å². The smallest absolute Gasteiger partial charge is 0.229 e. The molecule has 0 spiro atoms. The predicted octanol–water partition coefficient (Wildman–Crippen LogP) is 5.61. The van der Waals surface area contributed by atoms with Crippen LogP contribution in [-0.2, 0) is 9.59 Å². The Balaban J connectivity index is 1.23. The fourth-order valence-electron chi connectivity index (χ4n) is 3.84. The molecule has 0 aliphatic carbocycles. The zero-order chi connectivity index (χ0) is 22.8. The van der Waals surface area contributed by atoms with Crippen LogP contribution in [0.15, 0.2) is 84.2 Å². The molecule has 0 radical (unpaired) electrons. The summed E-state index contributed by atoms with van der Waals surface area (Å²) in [6, 6.07) is 23.3. The molecular formula is C26H20FN3O2S. The summed E-state index contributed by atoms with van der Waals surface area (Å²) in [6.45, 7) is 0.273. The zero-order valence-corrected chi connectivity index (χ0v) is 18.4. The maximum atomic E-state index is 13.2. The first kappa shape index (κ1) is 21.0. The summed E-state index contributed by atoms with van der Waals surface area (Å²) in [5.41, 5.74) is 4.19. The molecular weight excluding hydrogens is 437 g/mol. The predicted molar refractivity (Wildman–Crippen MR) is 128 cm³/mol. The van der Waals surface area contributed by atoms with Crippen molar-refractivity contribution in [2.45, 2.75) is 6.42 Å². The number of carbonyl (C=O) groups is 2. The van der Waals surface area contributed by atoms with Gasteiger partial charge in [-0.2, -0.15) is 0 Å². The van der Waals surface area contributed by atoms with Crippen LogP contribution in [0.2, 0.25) is 0 Å². The fourth-order valence-corrected chi connectivity index (χ4v) is 4.68. The lowest BCUT2D eigenvalue weighted by atomic mass is 10.1. The quantitative estimate of drug-likeness (QED) is 0.424. The van der Waals surface area contributed by atoms with Crippen LogP contribution in [0.25, 0.3) is 21.8 Å².